The van der Waals surface area contributed by atoms with Gasteiger partial charge in [-0.1, -0.05) is 0 Å². The van der Waals surface area contributed by atoms with Gasteiger partial charge in [-0.3, -0.25) is 10.1 Å². The van der Waals surface area contributed by atoms with Crippen molar-refractivity contribution in [2.45, 2.75) is 11.1 Å². The van der Waals surface area contributed by atoms with E-state index in [1.165, 1.54) is 0 Å². The molecule has 0 saturated carbocycles. The number of nitro groups is 1. The summed E-state index contributed by atoms with van der Waals surface area (Å²) in [6.07, 6.45) is -4.54. The molecule has 0 amide bonds. The maximum Gasteiger partial charge on any atom is 0.393 e. The summed E-state index contributed by atoms with van der Waals surface area (Å²) in [4.78, 5) is 9.57. The highest BCUT2D eigenvalue weighted by atomic mass is 32.2. The van der Waals surface area contributed by atoms with E-state index in [0.717, 1.165) is 28.6 Å². The maximum absolute atomic E-state index is 13.0. The van der Waals surface area contributed by atoms with Gasteiger partial charge in [0.15, 0.2) is 0 Å². The molecule has 1 heterocycles. The number of nitro benzene ring substituents is 1. The van der Waals surface area contributed by atoms with Crippen LogP contribution in [0, 0.1) is 22.0 Å². The fourth-order valence-corrected chi connectivity index (χ4v) is 4.05. The summed E-state index contributed by atoms with van der Waals surface area (Å²) in [6.45, 7) is -1.32. The monoisotopic (exact) mass is 353 g/mol. The smallest absolute Gasteiger partial charge is 0.330 e. The first kappa shape index (κ1) is 17.6. The summed E-state index contributed by atoms with van der Waals surface area (Å²) in [6, 6.07) is 3.99. The molecule has 1 fully saturated rings. The highest BCUT2D eigenvalue weighted by molar-refractivity contribution is 7.89. The van der Waals surface area contributed by atoms with E-state index >= 15 is 0 Å². The Bertz CT molecular complexity index is 690. The van der Waals surface area contributed by atoms with Crippen molar-refractivity contribution in [2.24, 2.45) is 17.6 Å². The van der Waals surface area contributed by atoms with E-state index in [2.05, 4.69) is 0 Å². The van der Waals surface area contributed by atoms with Gasteiger partial charge in [-0.15, -0.1) is 0 Å². The van der Waals surface area contributed by atoms with Crippen LogP contribution in [0.3, 0.4) is 0 Å². The molecule has 2 atom stereocenters. The van der Waals surface area contributed by atoms with Crippen molar-refractivity contribution in [3.05, 3.63) is 34.4 Å². The summed E-state index contributed by atoms with van der Waals surface area (Å²) in [5.74, 6) is -2.83. The molecule has 0 radical (unpaired) electrons. The summed E-state index contributed by atoms with van der Waals surface area (Å²) in [7, 11) is -4.16. The normalized spacial score (nSPS) is 23.1. The minimum atomic E-state index is -4.54. The maximum atomic E-state index is 13.0. The predicted molar refractivity (Wildman–Crippen MR) is 73.9 cm³/mol. The molecule has 1 aromatic carbocycles. The van der Waals surface area contributed by atoms with E-state index < -0.39 is 39.5 Å². The Hall–Kier alpha value is -1.72. The fraction of sp³-hybridized carbons (Fsp3) is 0.500. The van der Waals surface area contributed by atoms with Crippen molar-refractivity contribution in [1.29, 1.82) is 0 Å². The summed E-state index contributed by atoms with van der Waals surface area (Å²) in [5.41, 5.74) is 5.01. The van der Waals surface area contributed by atoms with Crippen LogP contribution in [0.15, 0.2) is 29.2 Å². The summed E-state index contributed by atoms with van der Waals surface area (Å²) < 4.78 is 64.4. The van der Waals surface area contributed by atoms with Gasteiger partial charge in [0.25, 0.3) is 5.69 Å². The minimum absolute atomic E-state index is 0.281. The van der Waals surface area contributed by atoms with Gasteiger partial charge in [-0.2, -0.15) is 17.5 Å². The quantitative estimate of drug-likeness (QED) is 0.650. The van der Waals surface area contributed by atoms with Crippen molar-refractivity contribution < 1.29 is 26.5 Å². The second-order valence-electron chi connectivity index (χ2n) is 5.22. The van der Waals surface area contributed by atoms with Crippen molar-refractivity contribution in [3.8, 4) is 0 Å². The molecule has 0 bridgehead atoms. The first-order valence-corrected chi connectivity index (χ1v) is 8.02. The predicted octanol–water partition coefficient (Wildman–Crippen LogP) is 1.35. The van der Waals surface area contributed by atoms with Crippen LogP contribution >= 0.6 is 0 Å². The molecule has 23 heavy (non-hydrogen) atoms. The second-order valence-corrected chi connectivity index (χ2v) is 7.15. The fourth-order valence-electron chi connectivity index (χ4n) is 2.53. The molecule has 1 aliphatic rings. The SMILES string of the molecule is NCC1CN(S(=O)(=O)c2ccc([N+](=O)[O-])cc2)CC1C(F)(F)F. The largest absolute Gasteiger partial charge is 0.393 e. The third-order valence-electron chi connectivity index (χ3n) is 3.82. The molecule has 1 saturated heterocycles. The highest BCUT2D eigenvalue weighted by Crippen LogP contribution is 2.39. The van der Waals surface area contributed by atoms with Crippen molar-refractivity contribution >= 4 is 15.7 Å². The number of hydrogen-bond acceptors (Lipinski definition) is 5. The molecule has 0 aromatic heterocycles. The van der Waals surface area contributed by atoms with Crippen LogP contribution in [0.25, 0.3) is 0 Å². The average Bonchev–Trinajstić information content (AvgIpc) is 2.92. The number of sulfonamides is 1. The first-order chi connectivity index (χ1) is 10.6. The number of benzene rings is 1. The summed E-state index contributed by atoms with van der Waals surface area (Å²) in [5, 5.41) is 10.6. The minimum Gasteiger partial charge on any atom is -0.330 e. The Morgan fingerprint density at radius 3 is 2.22 bits per heavy atom. The number of nitrogens with zero attached hydrogens (tertiary/aromatic N) is 2. The van der Waals surface area contributed by atoms with Crippen molar-refractivity contribution in [1.82, 2.24) is 4.31 Å². The lowest BCUT2D eigenvalue weighted by atomic mass is 9.96. The van der Waals surface area contributed by atoms with Crippen LogP contribution in [0.2, 0.25) is 0 Å². The molecule has 11 heteroatoms. The Morgan fingerprint density at radius 1 is 1.26 bits per heavy atom. The molecule has 0 aliphatic carbocycles. The third kappa shape index (κ3) is 3.46. The van der Waals surface area contributed by atoms with Crippen LogP contribution in [0.1, 0.15) is 0 Å². The van der Waals surface area contributed by atoms with E-state index in [4.69, 9.17) is 5.73 Å². The van der Waals surface area contributed by atoms with Crippen LogP contribution in [-0.2, 0) is 10.0 Å². The number of nitrogens with two attached hydrogens (primary N) is 1. The molecular weight excluding hydrogens is 339 g/mol. The molecule has 2 N–H and O–H groups in total. The van der Waals surface area contributed by atoms with Gasteiger partial charge < -0.3 is 5.73 Å². The molecule has 128 valence electrons. The van der Waals surface area contributed by atoms with E-state index in [9.17, 15) is 31.7 Å². The average molecular weight is 353 g/mol. The van der Waals surface area contributed by atoms with Crippen LogP contribution < -0.4 is 5.73 Å². The van der Waals surface area contributed by atoms with Crippen molar-refractivity contribution in [2.75, 3.05) is 19.6 Å². The lowest BCUT2D eigenvalue weighted by molar-refractivity contribution is -0.384. The Kier molecular flexibility index (Phi) is 4.64. The lowest BCUT2D eigenvalue weighted by Crippen LogP contribution is -2.33. The van der Waals surface area contributed by atoms with Gasteiger partial charge in [-0.25, -0.2) is 8.42 Å². The van der Waals surface area contributed by atoms with Gasteiger partial charge in [0.1, 0.15) is 0 Å². The standard InChI is InChI=1S/C12H14F3N3O4S/c13-12(14,15)11-7-17(6-8(11)5-16)23(21,22)10-3-1-9(2-4-10)18(19)20/h1-4,8,11H,5-7,16H2. The Balaban J connectivity index is 2.28. The van der Waals surface area contributed by atoms with E-state index in [-0.39, 0.29) is 23.7 Å². The van der Waals surface area contributed by atoms with Gasteiger partial charge >= 0.3 is 6.18 Å². The molecule has 2 rings (SSSR count). The Labute approximate surface area is 130 Å². The first-order valence-electron chi connectivity index (χ1n) is 6.58. The van der Waals surface area contributed by atoms with E-state index in [1.54, 1.807) is 0 Å². The zero-order chi connectivity index (χ0) is 17.4. The molecular formula is C12H14F3N3O4S. The third-order valence-corrected chi connectivity index (χ3v) is 5.66. The molecule has 0 spiro atoms. The van der Waals surface area contributed by atoms with Crippen LogP contribution in [0.5, 0.6) is 0 Å². The van der Waals surface area contributed by atoms with Crippen LogP contribution in [0.4, 0.5) is 18.9 Å². The highest BCUT2D eigenvalue weighted by Gasteiger charge is 2.51. The molecule has 1 aliphatic heterocycles. The van der Waals surface area contributed by atoms with Gasteiger partial charge in [0, 0.05) is 25.2 Å². The zero-order valence-electron chi connectivity index (χ0n) is 11.7. The van der Waals surface area contributed by atoms with Crippen molar-refractivity contribution in [3.63, 3.8) is 0 Å². The number of hydrogen-bond donors (Lipinski definition) is 1. The number of alkyl halides is 3. The lowest BCUT2D eigenvalue weighted by Gasteiger charge is -2.19. The molecule has 7 nitrogen and oxygen atoms in total. The number of non-ortho nitro benzene ring substituents is 1. The molecule has 2 unspecified atom stereocenters. The van der Waals surface area contributed by atoms with Gasteiger partial charge in [0.2, 0.25) is 10.0 Å². The Morgan fingerprint density at radius 2 is 1.83 bits per heavy atom. The van der Waals surface area contributed by atoms with Crippen LogP contribution in [-0.4, -0.2) is 43.5 Å². The second kappa shape index (κ2) is 6.06. The summed E-state index contributed by atoms with van der Waals surface area (Å²) >= 11 is 0. The number of halogens is 3. The zero-order valence-corrected chi connectivity index (χ0v) is 12.5. The van der Waals surface area contributed by atoms with Gasteiger partial charge in [0.05, 0.1) is 15.7 Å². The topological polar surface area (TPSA) is 107 Å². The van der Waals surface area contributed by atoms with E-state index in [1.807, 2.05) is 0 Å². The number of rotatable bonds is 4. The van der Waals surface area contributed by atoms with E-state index in [0.29, 0.717) is 0 Å². The van der Waals surface area contributed by atoms with Gasteiger partial charge in [-0.05, 0) is 24.6 Å². The molecule has 1 aromatic rings.